The third kappa shape index (κ3) is 5.77. The van der Waals surface area contributed by atoms with Gasteiger partial charge in [0.25, 0.3) is 0 Å². The first-order valence-electron chi connectivity index (χ1n) is 17.9. The van der Waals surface area contributed by atoms with E-state index in [2.05, 4.69) is 48.1 Å². The van der Waals surface area contributed by atoms with E-state index in [0.29, 0.717) is 62.8 Å². The molecule has 0 N–H and O–H groups in total. The largest absolute Gasteiger partial charge is 0.438 e. The molecule has 0 aromatic rings. The van der Waals surface area contributed by atoms with Gasteiger partial charge in [-0.05, 0) is 122 Å². The molecule has 0 saturated heterocycles. The lowest BCUT2D eigenvalue weighted by Crippen LogP contribution is -2.67. The number of methoxy groups -OCH3 is 2. The molecule has 0 aliphatic heterocycles. The molecule has 0 aromatic carbocycles. The fourth-order valence-electron chi connectivity index (χ4n) is 12.5. The van der Waals surface area contributed by atoms with Gasteiger partial charge >= 0.3 is 5.97 Å². The first-order chi connectivity index (χ1) is 21.3. The van der Waals surface area contributed by atoms with E-state index in [0.717, 1.165) is 32.1 Å². The standard InChI is InChI=1S/C38H64O7/c1-26(2)27-12-17-38(33(39)45-25-43-23-21-41-9)19-18-36(6)28(32(27)38)10-11-30-35(5)15-14-31(44-24-42-22-20-40-8)34(3,4)29(35)13-16-37(30,36)7/h27-32H,1,10-25H2,2-9H3/t27-,28+,29-,30+,31-,32+,35-,36+,37+,38-/m0/s1. The lowest BCUT2D eigenvalue weighted by molar-refractivity contribution is -0.258. The number of hydrogen-bond acceptors (Lipinski definition) is 7. The molecule has 5 saturated carbocycles. The Labute approximate surface area is 273 Å². The summed E-state index contributed by atoms with van der Waals surface area (Å²) in [4.78, 5) is 14.0. The van der Waals surface area contributed by atoms with Crippen LogP contribution in [0, 0.1) is 56.7 Å². The van der Waals surface area contributed by atoms with Crippen LogP contribution in [0.2, 0.25) is 0 Å². The van der Waals surface area contributed by atoms with Crippen LogP contribution < -0.4 is 0 Å². The van der Waals surface area contributed by atoms with Crippen LogP contribution in [0.1, 0.15) is 106 Å². The average Bonchev–Trinajstić information content (AvgIpc) is 3.39. The maximum absolute atomic E-state index is 14.0. The SMILES string of the molecule is C=C(C)[C@@H]1CC[C@]2(C(=O)OCOCCOC)CC[C@]3(C)[C@H](CC[C@@H]4[C@@]5(C)CC[C@H](OCOCCOC)C(C)(C)[C@@H]5CC[C@]43C)[C@@H]12. The summed E-state index contributed by atoms with van der Waals surface area (Å²) in [5.41, 5.74) is 1.59. The predicted octanol–water partition coefficient (Wildman–Crippen LogP) is 7.81. The van der Waals surface area contributed by atoms with Crippen molar-refractivity contribution in [3.8, 4) is 0 Å². The lowest BCUT2D eigenvalue weighted by atomic mass is 9.32. The van der Waals surface area contributed by atoms with Crippen LogP contribution in [0.3, 0.4) is 0 Å². The van der Waals surface area contributed by atoms with Gasteiger partial charge in [0.05, 0.1) is 37.9 Å². The summed E-state index contributed by atoms with van der Waals surface area (Å²) >= 11 is 0. The summed E-state index contributed by atoms with van der Waals surface area (Å²) in [5.74, 6) is 2.41. The quantitative estimate of drug-likeness (QED) is 0.0887. The van der Waals surface area contributed by atoms with Crippen molar-refractivity contribution < 1.29 is 33.2 Å². The van der Waals surface area contributed by atoms with Crippen LogP contribution >= 0.6 is 0 Å². The number of allylic oxidation sites excluding steroid dienone is 1. The minimum absolute atomic E-state index is 0.00957. The maximum atomic E-state index is 14.0. The number of rotatable bonds is 13. The summed E-state index contributed by atoms with van der Waals surface area (Å²) in [5, 5.41) is 0. The van der Waals surface area contributed by atoms with E-state index in [1.165, 1.54) is 37.7 Å². The number of hydrogen-bond donors (Lipinski definition) is 0. The van der Waals surface area contributed by atoms with Gasteiger partial charge in [-0.1, -0.05) is 46.8 Å². The van der Waals surface area contributed by atoms with Crippen LogP contribution in [-0.2, 0) is 33.2 Å². The van der Waals surface area contributed by atoms with Gasteiger partial charge in [-0.15, -0.1) is 0 Å². The summed E-state index contributed by atoms with van der Waals surface area (Å²) in [6.45, 7) is 22.0. The van der Waals surface area contributed by atoms with E-state index in [-0.39, 0.29) is 40.5 Å². The lowest BCUT2D eigenvalue weighted by Gasteiger charge is -2.72. The molecule has 5 aliphatic carbocycles. The highest BCUT2D eigenvalue weighted by atomic mass is 16.7. The molecule has 0 unspecified atom stereocenters. The van der Waals surface area contributed by atoms with Gasteiger partial charge in [-0.25, -0.2) is 0 Å². The fraction of sp³-hybridized carbons (Fsp3) is 0.921. The van der Waals surface area contributed by atoms with Gasteiger partial charge in [0.15, 0.2) is 6.79 Å². The first kappa shape index (κ1) is 35.3. The second kappa shape index (κ2) is 13.5. The van der Waals surface area contributed by atoms with Crippen molar-refractivity contribution in [1.29, 1.82) is 0 Å². The molecule has 7 nitrogen and oxygen atoms in total. The molecular formula is C38H64O7. The number of esters is 1. The third-order valence-corrected chi connectivity index (χ3v) is 14.9. The minimum atomic E-state index is -0.425. The first-order valence-corrected chi connectivity index (χ1v) is 17.9. The molecule has 5 fully saturated rings. The predicted molar refractivity (Wildman–Crippen MR) is 175 cm³/mol. The van der Waals surface area contributed by atoms with Gasteiger partial charge in [0.1, 0.15) is 6.79 Å². The molecule has 0 spiro atoms. The van der Waals surface area contributed by atoms with Crippen LogP contribution in [-0.4, -0.2) is 66.3 Å². The topological polar surface area (TPSA) is 72.5 Å². The molecule has 0 heterocycles. The Balaban J connectivity index is 1.37. The third-order valence-electron chi connectivity index (χ3n) is 14.9. The average molecular weight is 633 g/mol. The fourth-order valence-corrected chi connectivity index (χ4v) is 12.5. The van der Waals surface area contributed by atoms with Gasteiger partial charge in [-0.3, -0.25) is 4.79 Å². The van der Waals surface area contributed by atoms with E-state index in [4.69, 9.17) is 28.4 Å². The molecule has 0 bridgehead atoms. The molecule has 5 rings (SSSR count). The van der Waals surface area contributed by atoms with Crippen molar-refractivity contribution in [3.05, 3.63) is 12.2 Å². The van der Waals surface area contributed by atoms with Crippen LogP contribution in [0.5, 0.6) is 0 Å². The molecular weight excluding hydrogens is 568 g/mol. The Morgan fingerprint density at radius 2 is 1.42 bits per heavy atom. The second-order valence-electron chi connectivity index (χ2n) is 16.8. The molecule has 10 atom stereocenters. The van der Waals surface area contributed by atoms with Crippen molar-refractivity contribution >= 4 is 5.97 Å². The molecule has 5 aliphatic rings. The van der Waals surface area contributed by atoms with Gasteiger partial charge in [-0.2, -0.15) is 0 Å². The van der Waals surface area contributed by atoms with Crippen molar-refractivity contribution in [1.82, 2.24) is 0 Å². The molecule has 0 aromatic heterocycles. The second-order valence-corrected chi connectivity index (χ2v) is 16.8. The molecule has 0 radical (unpaired) electrons. The Hall–Kier alpha value is -0.990. The number of fused-ring (bicyclic) bond motifs is 7. The Kier molecular flexibility index (Phi) is 10.6. The van der Waals surface area contributed by atoms with E-state index in [1.807, 2.05) is 0 Å². The Morgan fingerprint density at radius 3 is 2.09 bits per heavy atom. The zero-order valence-corrected chi connectivity index (χ0v) is 29.8. The summed E-state index contributed by atoms with van der Waals surface area (Å²) in [6.07, 6.45) is 11.4. The molecule has 0 amide bonds. The summed E-state index contributed by atoms with van der Waals surface area (Å²) < 4.78 is 33.9. The van der Waals surface area contributed by atoms with Crippen molar-refractivity contribution in [2.45, 2.75) is 112 Å². The highest BCUT2D eigenvalue weighted by molar-refractivity contribution is 5.78. The van der Waals surface area contributed by atoms with Crippen LogP contribution in [0.25, 0.3) is 0 Å². The van der Waals surface area contributed by atoms with Gasteiger partial charge in [0, 0.05) is 14.2 Å². The van der Waals surface area contributed by atoms with E-state index in [1.54, 1.807) is 14.2 Å². The zero-order chi connectivity index (χ0) is 32.7. The van der Waals surface area contributed by atoms with E-state index < -0.39 is 5.41 Å². The van der Waals surface area contributed by atoms with Crippen LogP contribution in [0.4, 0.5) is 0 Å². The molecule has 7 heteroatoms. The van der Waals surface area contributed by atoms with Crippen molar-refractivity contribution in [2.75, 3.05) is 54.2 Å². The number of ether oxygens (including phenoxy) is 6. The molecule has 45 heavy (non-hydrogen) atoms. The van der Waals surface area contributed by atoms with E-state index >= 15 is 0 Å². The van der Waals surface area contributed by atoms with E-state index in [9.17, 15) is 4.79 Å². The summed E-state index contributed by atoms with van der Waals surface area (Å²) in [6, 6.07) is 0. The van der Waals surface area contributed by atoms with Gasteiger partial charge in [0.2, 0.25) is 0 Å². The summed E-state index contributed by atoms with van der Waals surface area (Å²) in [7, 11) is 3.35. The van der Waals surface area contributed by atoms with Crippen LogP contribution in [0.15, 0.2) is 12.2 Å². The highest BCUT2D eigenvalue weighted by Gasteiger charge is 2.72. The smallest absolute Gasteiger partial charge is 0.314 e. The Bertz CT molecular complexity index is 1060. The number of carbonyl (C=O) groups is 1. The Morgan fingerprint density at radius 1 is 0.733 bits per heavy atom. The normalized spacial score (nSPS) is 43.5. The van der Waals surface area contributed by atoms with Gasteiger partial charge < -0.3 is 28.4 Å². The van der Waals surface area contributed by atoms with Crippen molar-refractivity contribution in [3.63, 3.8) is 0 Å². The monoisotopic (exact) mass is 632 g/mol. The zero-order valence-electron chi connectivity index (χ0n) is 29.8. The van der Waals surface area contributed by atoms with Crippen molar-refractivity contribution in [2.24, 2.45) is 56.7 Å². The number of carbonyl (C=O) groups excluding carboxylic acids is 1. The molecule has 258 valence electrons. The minimum Gasteiger partial charge on any atom is -0.438 e. The highest BCUT2D eigenvalue weighted by Crippen LogP contribution is 2.77. The maximum Gasteiger partial charge on any atom is 0.314 e.